The van der Waals surface area contributed by atoms with Crippen LogP contribution in [-0.2, 0) is 16.1 Å². The lowest BCUT2D eigenvalue weighted by Gasteiger charge is -2.19. The number of halogens is 1. The average Bonchev–Trinajstić information content (AvgIpc) is 2.66. The van der Waals surface area contributed by atoms with Crippen LogP contribution >= 0.6 is 27.7 Å². The van der Waals surface area contributed by atoms with E-state index in [1.54, 1.807) is 15.5 Å². The minimum Gasteiger partial charge on any atom is -0.382 e. The number of thioether (sulfide) groups is 1. The van der Waals surface area contributed by atoms with Crippen molar-refractivity contribution in [2.24, 2.45) is 0 Å². The number of ether oxygens (including phenoxy) is 1. The van der Waals surface area contributed by atoms with E-state index in [-0.39, 0.29) is 17.2 Å². The van der Waals surface area contributed by atoms with E-state index in [1.807, 2.05) is 32.9 Å². The maximum absolute atomic E-state index is 13.0. The van der Waals surface area contributed by atoms with Gasteiger partial charge >= 0.3 is 0 Å². The molecule has 1 heterocycles. The average molecular weight is 456 g/mol. The molecule has 0 saturated carbocycles. The molecule has 0 fully saturated rings. The molecule has 2 aromatic rings. The van der Waals surface area contributed by atoms with Gasteiger partial charge in [0.25, 0.3) is 5.56 Å². The van der Waals surface area contributed by atoms with Gasteiger partial charge < -0.3 is 9.64 Å². The fourth-order valence-corrected chi connectivity index (χ4v) is 4.03. The minimum absolute atomic E-state index is 0.0519. The summed E-state index contributed by atoms with van der Waals surface area (Å²) in [6, 6.07) is 5.48. The molecule has 8 heteroatoms. The molecule has 2 rings (SSSR count). The fourth-order valence-electron chi connectivity index (χ4n) is 2.74. The maximum Gasteiger partial charge on any atom is 0.262 e. The van der Waals surface area contributed by atoms with Crippen molar-refractivity contribution in [1.82, 2.24) is 14.5 Å². The second-order valence-electron chi connectivity index (χ2n) is 5.92. The van der Waals surface area contributed by atoms with Crippen molar-refractivity contribution in [1.29, 1.82) is 0 Å². The molecular weight excluding hydrogens is 430 g/mol. The van der Waals surface area contributed by atoms with E-state index in [0.29, 0.717) is 55.3 Å². The summed E-state index contributed by atoms with van der Waals surface area (Å²) < 4.78 is 7.89. The summed E-state index contributed by atoms with van der Waals surface area (Å²) in [6.07, 6.45) is 0.715. The van der Waals surface area contributed by atoms with E-state index < -0.39 is 0 Å². The Labute approximate surface area is 172 Å². The predicted molar refractivity (Wildman–Crippen MR) is 113 cm³/mol. The van der Waals surface area contributed by atoms with E-state index in [2.05, 4.69) is 20.9 Å². The first-order chi connectivity index (χ1) is 13.0. The molecule has 1 amide bonds. The summed E-state index contributed by atoms with van der Waals surface area (Å²) in [5.41, 5.74) is 0.553. The zero-order chi connectivity index (χ0) is 19.8. The lowest BCUT2D eigenvalue weighted by molar-refractivity contribution is -0.127. The van der Waals surface area contributed by atoms with E-state index in [0.717, 1.165) is 4.47 Å². The van der Waals surface area contributed by atoms with Gasteiger partial charge in [0.05, 0.1) is 16.7 Å². The van der Waals surface area contributed by atoms with Gasteiger partial charge in [-0.2, -0.15) is 0 Å². The highest BCUT2D eigenvalue weighted by Gasteiger charge is 2.15. The number of hydrogen-bond donors (Lipinski definition) is 0. The smallest absolute Gasteiger partial charge is 0.262 e. The third kappa shape index (κ3) is 5.80. The van der Waals surface area contributed by atoms with E-state index in [1.165, 1.54) is 11.8 Å². The van der Waals surface area contributed by atoms with E-state index in [9.17, 15) is 9.59 Å². The summed E-state index contributed by atoms with van der Waals surface area (Å²) >= 11 is 4.73. The van der Waals surface area contributed by atoms with Crippen molar-refractivity contribution in [3.8, 4) is 0 Å². The molecule has 0 radical (unpaired) electrons. The number of rotatable bonds is 10. The quantitative estimate of drug-likeness (QED) is 0.311. The van der Waals surface area contributed by atoms with Crippen LogP contribution in [0.2, 0.25) is 0 Å². The molecule has 1 aromatic carbocycles. The van der Waals surface area contributed by atoms with E-state index in [4.69, 9.17) is 4.74 Å². The van der Waals surface area contributed by atoms with Crippen molar-refractivity contribution in [2.45, 2.75) is 38.9 Å². The summed E-state index contributed by atoms with van der Waals surface area (Å²) in [7, 11) is 0. The van der Waals surface area contributed by atoms with Crippen LogP contribution in [0.1, 0.15) is 27.2 Å². The summed E-state index contributed by atoms with van der Waals surface area (Å²) in [5, 5.41) is 1.15. The molecule has 6 nitrogen and oxygen atoms in total. The van der Waals surface area contributed by atoms with E-state index >= 15 is 0 Å². The first kappa shape index (κ1) is 21.9. The molecule has 27 heavy (non-hydrogen) atoms. The van der Waals surface area contributed by atoms with Crippen LogP contribution in [0.25, 0.3) is 10.9 Å². The molecule has 0 aliphatic carbocycles. The number of hydrogen-bond acceptors (Lipinski definition) is 5. The molecular formula is C19H26BrN3O3S. The topological polar surface area (TPSA) is 64.4 Å². The first-order valence-electron chi connectivity index (χ1n) is 9.20. The molecule has 148 valence electrons. The van der Waals surface area contributed by atoms with Gasteiger partial charge in [0.1, 0.15) is 0 Å². The summed E-state index contributed by atoms with van der Waals surface area (Å²) in [6.45, 7) is 8.97. The summed E-state index contributed by atoms with van der Waals surface area (Å²) in [5.74, 6) is 0.317. The van der Waals surface area contributed by atoms with Crippen molar-refractivity contribution in [3.63, 3.8) is 0 Å². The molecule has 0 aliphatic heterocycles. The number of nitrogens with zero attached hydrogens (tertiary/aromatic N) is 3. The number of benzene rings is 1. The van der Waals surface area contributed by atoms with Gasteiger partial charge in [0.15, 0.2) is 5.16 Å². The largest absolute Gasteiger partial charge is 0.382 e. The van der Waals surface area contributed by atoms with Crippen LogP contribution in [-0.4, -0.2) is 52.4 Å². The van der Waals surface area contributed by atoms with Gasteiger partial charge in [-0.05, 0) is 45.4 Å². The number of fused-ring (bicyclic) bond motifs is 1. The van der Waals surface area contributed by atoms with Crippen molar-refractivity contribution in [2.75, 3.05) is 32.1 Å². The molecule has 0 atom stereocenters. The highest BCUT2D eigenvalue weighted by atomic mass is 79.9. The Kier molecular flexibility index (Phi) is 8.79. The van der Waals surface area contributed by atoms with Gasteiger partial charge in [-0.1, -0.05) is 27.7 Å². The Morgan fingerprint density at radius 1 is 1.30 bits per heavy atom. The standard InChI is InChI=1S/C19H26BrN3O3S/c1-4-22(5-2)17(24)13-27-19-21-16-9-8-14(20)12-15(16)18(25)23(19)10-7-11-26-6-3/h8-9,12H,4-7,10-11,13H2,1-3H3. The van der Waals surface area contributed by atoms with Gasteiger partial charge in [-0.25, -0.2) is 4.98 Å². The fraction of sp³-hybridized carbons (Fsp3) is 0.526. The molecule has 0 N–H and O–H groups in total. The van der Waals surface area contributed by atoms with Crippen LogP contribution in [0.5, 0.6) is 0 Å². The van der Waals surface area contributed by atoms with Gasteiger partial charge in [-0.15, -0.1) is 0 Å². The number of amides is 1. The SMILES string of the molecule is CCOCCCn1c(SCC(=O)N(CC)CC)nc2ccc(Br)cc2c1=O. The highest BCUT2D eigenvalue weighted by Crippen LogP contribution is 2.21. The lowest BCUT2D eigenvalue weighted by Crippen LogP contribution is -2.32. The number of carbonyl (C=O) groups is 1. The molecule has 0 spiro atoms. The Balaban J connectivity index is 2.32. The van der Waals surface area contributed by atoms with Crippen LogP contribution in [0.3, 0.4) is 0 Å². The number of carbonyl (C=O) groups excluding carboxylic acids is 1. The van der Waals surface area contributed by atoms with Gasteiger partial charge in [0.2, 0.25) is 5.91 Å². The zero-order valence-electron chi connectivity index (χ0n) is 16.0. The first-order valence-corrected chi connectivity index (χ1v) is 11.0. The second kappa shape index (κ2) is 10.8. The lowest BCUT2D eigenvalue weighted by atomic mass is 10.2. The predicted octanol–water partition coefficient (Wildman–Crippen LogP) is 3.55. The van der Waals surface area contributed by atoms with Crippen LogP contribution in [0.15, 0.2) is 32.6 Å². The molecule has 0 saturated heterocycles. The zero-order valence-corrected chi connectivity index (χ0v) is 18.4. The van der Waals surface area contributed by atoms with Gasteiger partial charge in [-0.3, -0.25) is 14.2 Å². The Bertz CT molecular complexity index is 837. The Hall–Kier alpha value is -1.38. The van der Waals surface area contributed by atoms with Crippen molar-refractivity contribution < 1.29 is 9.53 Å². The normalized spacial score (nSPS) is 11.1. The molecule has 1 aromatic heterocycles. The molecule has 0 bridgehead atoms. The third-order valence-corrected chi connectivity index (χ3v) is 5.65. The monoisotopic (exact) mass is 455 g/mol. The van der Waals surface area contributed by atoms with Crippen molar-refractivity contribution in [3.05, 3.63) is 33.0 Å². The van der Waals surface area contributed by atoms with Crippen LogP contribution < -0.4 is 5.56 Å². The van der Waals surface area contributed by atoms with Crippen LogP contribution in [0, 0.1) is 0 Å². The summed E-state index contributed by atoms with van der Waals surface area (Å²) in [4.78, 5) is 31.8. The Morgan fingerprint density at radius 2 is 2.04 bits per heavy atom. The minimum atomic E-state index is -0.0874. The number of aromatic nitrogens is 2. The van der Waals surface area contributed by atoms with Crippen LogP contribution in [0.4, 0.5) is 0 Å². The van der Waals surface area contributed by atoms with Crippen molar-refractivity contribution >= 4 is 44.5 Å². The third-order valence-electron chi connectivity index (χ3n) is 4.20. The molecule has 0 unspecified atom stereocenters. The highest BCUT2D eigenvalue weighted by molar-refractivity contribution is 9.10. The molecule has 0 aliphatic rings. The maximum atomic E-state index is 13.0. The second-order valence-corrected chi connectivity index (χ2v) is 7.78. The van der Waals surface area contributed by atoms with Gasteiger partial charge in [0, 0.05) is 37.3 Å². The Morgan fingerprint density at radius 3 is 2.70 bits per heavy atom.